The molecule has 0 bridgehead atoms. The van der Waals surface area contributed by atoms with E-state index in [1.165, 1.54) is 68.7 Å². The van der Waals surface area contributed by atoms with Crippen LogP contribution in [0, 0.1) is 22.7 Å². The number of benzene rings is 4. The number of para-hydroxylation sites is 1. The third-order valence-electron chi connectivity index (χ3n) is 7.23. The van der Waals surface area contributed by atoms with Crippen molar-refractivity contribution in [2.45, 2.75) is 0 Å². The first-order chi connectivity index (χ1) is 18.3. The number of thiophene rings is 2. The molecule has 0 aliphatic rings. The summed E-state index contributed by atoms with van der Waals surface area (Å²) in [6.07, 6.45) is 1.69. The third-order valence-corrected chi connectivity index (χ3v) is 9.58. The lowest BCUT2D eigenvalue weighted by atomic mass is 9.93. The van der Waals surface area contributed by atoms with Crippen molar-refractivity contribution in [3.63, 3.8) is 0 Å². The van der Waals surface area contributed by atoms with Crippen LogP contribution in [0.1, 0.15) is 4.88 Å². The number of pyridine rings is 1. The number of hydrogen-bond donors (Lipinski definition) is 0. The van der Waals surface area contributed by atoms with Gasteiger partial charge in [-0.15, -0.1) is 22.7 Å². The fraction of sp³-hybridized carbons (Fsp3) is 0. The van der Waals surface area contributed by atoms with Crippen LogP contribution in [-0.4, -0.2) is 4.40 Å². The number of aromatic nitrogens is 1. The van der Waals surface area contributed by atoms with E-state index >= 15 is 0 Å². The highest BCUT2D eigenvalue weighted by Gasteiger charge is 2.24. The van der Waals surface area contributed by atoms with Gasteiger partial charge in [-0.3, -0.25) is 4.40 Å². The van der Waals surface area contributed by atoms with Crippen molar-refractivity contribution in [3.8, 4) is 23.3 Å². The average Bonchev–Trinajstić information content (AvgIpc) is 3.60. The molecule has 0 saturated carbocycles. The zero-order chi connectivity index (χ0) is 24.7. The van der Waals surface area contributed by atoms with Gasteiger partial charge in [0.15, 0.2) is 0 Å². The summed E-state index contributed by atoms with van der Waals surface area (Å²) in [6.45, 7) is 0. The molecular formula is C32H15N3S2. The highest BCUT2D eigenvalue weighted by atomic mass is 32.1. The minimum atomic E-state index is 0.127. The number of hydrogen-bond acceptors (Lipinski definition) is 4. The molecular weight excluding hydrogens is 491 g/mol. The predicted molar refractivity (Wildman–Crippen MR) is 157 cm³/mol. The summed E-state index contributed by atoms with van der Waals surface area (Å²) in [5, 5.41) is 26.0. The number of rotatable bonds is 2. The van der Waals surface area contributed by atoms with E-state index in [1.807, 2.05) is 12.1 Å². The molecule has 8 rings (SSSR count). The number of nitriles is 2. The molecule has 0 saturated heterocycles. The van der Waals surface area contributed by atoms with Crippen LogP contribution in [0.15, 0.2) is 90.5 Å². The van der Waals surface area contributed by atoms with Crippen LogP contribution in [-0.2, 0) is 0 Å². The zero-order valence-corrected chi connectivity index (χ0v) is 21.0. The fourth-order valence-electron chi connectivity index (χ4n) is 5.79. The van der Waals surface area contributed by atoms with Gasteiger partial charge in [-0.05, 0) is 46.2 Å². The zero-order valence-electron chi connectivity index (χ0n) is 19.3. The molecule has 170 valence electrons. The Morgan fingerprint density at radius 3 is 2.38 bits per heavy atom. The second kappa shape index (κ2) is 7.41. The molecule has 4 aromatic carbocycles. The topological polar surface area (TPSA) is 52.0 Å². The normalized spacial score (nSPS) is 11.7. The summed E-state index contributed by atoms with van der Waals surface area (Å²) >= 11 is 3.44. The van der Waals surface area contributed by atoms with E-state index in [-0.39, 0.29) is 5.57 Å². The molecule has 37 heavy (non-hydrogen) atoms. The van der Waals surface area contributed by atoms with E-state index < -0.39 is 0 Å². The molecule has 3 nitrogen and oxygen atoms in total. The van der Waals surface area contributed by atoms with Crippen molar-refractivity contribution in [2.24, 2.45) is 0 Å². The van der Waals surface area contributed by atoms with Gasteiger partial charge in [-0.1, -0.05) is 66.7 Å². The first-order valence-electron chi connectivity index (χ1n) is 11.9. The Hall–Kier alpha value is -4.68. The smallest absolute Gasteiger partial charge is 0.131 e. The van der Waals surface area contributed by atoms with Crippen molar-refractivity contribution in [3.05, 3.63) is 95.4 Å². The molecule has 0 atom stereocenters. The lowest BCUT2D eigenvalue weighted by Gasteiger charge is -2.13. The van der Waals surface area contributed by atoms with Crippen LogP contribution in [0.25, 0.3) is 74.8 Å². The molecule has 4 heterocycles. The van der Waals surface area contributed by atoms with Gasteiger partial charge >= 0.3 is 0 Å². The van der Waals surface area contributed by atoms with Gasteiger partial charge in [-0.2, -0.15) is 10.5 Å². The highest BCUT2D eigenvalue weighted by Crippen LogP contribution is 2.50. The first-order valence-corrected chi connectivity index (χ1v) is 13.5. The Morgan fingerprint density at radius 1 is 0.757 bits per heavy atom. The number of allylic oxidation sites excluding steroid dienone is 1. The Labute approximate surface area is 219 Å². The molecule has 0 fully saturated rings. The summed E-state index contributed by atoms with van der Waals surface area (Å²) in [7, 11) is 0. The van der Waals surface area contributed by atoms with Gasteiger partial charge in [0.25, 0.3) is 0 Å². The summed E-state index contributed by atoms with van der Waals surface area (Å²) in [5.41, 5.74) is 5.08. The van der Waals surface area contributed by atoms with Crippen molar-refractivity contribution in [1.82, 2.24) is 4.40 Å². The van der Waals surface area contributed by atoms with E-state index in [4.69, 9.17) is 0 Å². The van der Waals surface area contributed by atoms with Crippen LogP contribution < -0.4 is 0 Å². The third kappa shape index (κ3) is 2.68. The van der Waals surface area contributed by atoms with Gasteiger partial charge in [0.2, 0.25) is 0 Å². The Morgan fingerprint density at radius 2 is 1.54 bits per heavy atom. The monoisotopic (exact) mass is 505 g/mol. The molecule has 0 radical (unpaired) electrons. The van der Waals surface area contributed by atoms with Crippen LogP contribution >= 0.6 is 22.7 Å². The maximum absolute atomic E-state index is 9.25. The Balaban J connectivity index is 1.62. The second-order valence-electron chi connectivity index (χ2n) is 9.18. The van der Waals surface area contributed by atoms with E-state index in [1.54, 1.807) is 28.7 Å². The SMILES string of the molecule is N#CC(C#N)=Cc1cc2sc3c(c4cccc5cc(-c6ccccc6)c6c7ccccc7n3c6c54)c2s1. The van der Waals surface area contributed by atoms with Gasteiger partial charge in [0, 0.05) is 31.1 Å². The fourth-order valence-corrected chi connectivity index (χ4v) is 8.42. The van der Waals surface area contributed by atoms with Crippen molar-refractivity contribution < 1.29 is 0 Å². The summed E-state index contributed by atoms with van der Waals surface area (Å²) in [4.78, 5) is 2.16. The summed E-state index contributed by atoms with van der Waals surface area (Å²) in [6, 6.07) is 34.4. The minimum Gasteiger partial charge on any atom is -0.299 e. The number of nitrogens with zero attached hydrogens (tertiary/aromatic N) is 3. The molecule has 5 heteroatoms. The molecule has 0 unspecified atom stereocenters. The van der Waals surface area contributed by atoms with Crippen molar-refractivity contribution in [1.29, 1.82) is 10.5 Å². The maximum atomic E-state index is 9.25. The standard InChI is InChI=1S/C32H15N3S2/c33-16-18(17-34)13-21-15-26-31(36-21)29-23-11-6-9-20-14-24(19-7-2-1-3-8-19)28-22-10-4-5-12-25(22)35(32(29)37-26)30(28)27(20)23/h1-15H. The van der Waals surface area contributed by atoms with Crippen molar-refractivity contribution >= 4 is 86.3 Å². The first kappa shape index (κ1) is 20.5. The minimum absolute atomic E-state index is 0.127. The second-order valence-corrected chi connectivity index (χ2v) is 11.3. The van der Waals surface area contributed by atoms with E-state index in [0.717, 1.165) is 4.88 Å². The van der Waals surface area contributed by atoms with Crippen LogP contribution in [0.5, 0.6) is 0 Å². The Bertz CT molecular complexity index is 2300. The molecule has 0 spiro atoms. The van der Waals surface area contributed by atoms with Gasteiger partial charge in [0.05, 0.1) is 15.7 Å². The Kier molecular flexibility index (Phi) is 4.11. The summed E-state index contributed by atoms with van der Waals surface area (Å²) in [5.74, 6) is 0. The van der Waals surface area contributed by atoms with Gasteiger partial charge in [0.1, 0.15) is 22.5 Å². The molecule has 4 aromatic heterocycles. The summed E-state index contributed by atoms with van der Waals surface area (Å²) < 4.78 is 4.85. The van der Waals surface area contributed by atoms with Crippen LogP contribution in [0.3, 0.4) is 0 Å². The molecule has 0 aliphatic carbocycles. The quantitative estimate of drug-likeness (QED) is 0.220. The lowest BCUT2D eigenvalue weighted by molar-refractivity contribution is 1.38. The molecule has 0 amide bonds. The number of fused-ring (bicyclic) bond motifs is 8. The highest BCUT2D eigenvalue weighted by molar-refractivity contribution is 7.33. The van der Waals surface area contributed by atoms with E-state index in [2.05, 4.69) is 89.3 Å². The van der Waals surface area contributed by atoms with E-state index in [0.29, 0.717) is 0 Å². The van der Waals surface area contributed by atoms with Gasteiger partial charge < -0.3 is 0 Å². The lowest BCUT2D eigenvalue weighted by Crippen LogP contribution is -1.91. The van der Waals surface area contributed by atoms with Crippen LogP contribution in [0.4, 0.5) is 0 Å². The molecule has 8 aromatic rings. The molecule has 0 N–H and O–H groups in total. The van der Waals surface area contributed by atoms with Crippen LogP contribution in [0.2, 0.25) is 0 Å². The van der Waals surface area contributed by atoms with Gasteiger partial charge in [-0.25, -0.2) is 0 Å². The molecule has 0 aliphatic heterocycles. The van der Waals surface area contributed by atoms with Crippen molar-refractivity contribution in [2.75, 3.05) is 0 Å². The average molecular weight is 506 g/mol. The van der Waals surface area contributed by atoms with E-state index in [9.17, 15) is 10.5 Å². The largest absolute Gasteiger partial charge is 0.299 e. The maximum Gasteiger partial charge on any atom is 0.131 e. The predicted octanol–water partition coefficient (Wildman–Crippen LogP) is 9.36.